The third kappa shape index (κ3) is 6.91. The van der Waals surface area contributed by atoms with Gasteiger partial charge in [0, 0.05) is 35.1 Å². The van der Waals surface area contributed by atoms with E-state index in [0.717, 1.165) is 69.8 Å². The Labute approximate surface area is 231 Å². The second-order valence-corrected chi connectivity index (χ2v) is 11.5. The lowest BCUT2D eigenvalue weighted by atomic mass is 9.86. The van der Waals surface area contributed by atoms with E-state index in [0.29, 0.717) is 5.92 Å². The summed E-state index contributed by atoms with van der Waals surface area (Å²) in [6.45, 7) is 6.99. The van der Waals surface area contributed by atoms with Crippen molar-refractivity contribution in [3.8, 4) is 5.75 Å². The van der Waals surface area contributed by atoms with Crippen LogP contribution in [0.1, 0.15) is 48.3 Å². The Morgan fingerprint density at radius 3 is 2.24 bits per heavy atom. The van der Waals surface area contributed by atoms with Crippen LogP contribution < -0.4 is 10.1 Å². The van der Waals surface area contributed by atoms with Crippen LogP contribution in [0.2, 0.25) is 0 Å². The van der Waals surface area contributed by atoms with E-state index in [2.05, 4.69) is 72.1 Å². The summed E-state index contributed by atoms with van der Waals surface area (Å²) in [5.41, 5.74) is 4.98. The number of carbonyl (C=O) groups excluding carboxylic acids is 1. The molecule has 38 heavy (non-hydrogen) atoms. The number of nitrogens with one attached hydrogen (secondary N) is 1. The summed E-state index contributed by atoms with van der Waals surface area (Å²) in [5, 5.41) is 3.14. The molecule has 0 aliphatic carbocycles. The van der Waals surface area contributed by atoms with Gasteiger partial charge in [-0.25, -0.2) is 4.79 Å². The Hall–Kier alpha value is -2.96. The number of hydrogen-bond acceptors (Lipinski definition) is 4. The SMILES string of the molecule is COc1ccc(Sc2ccc(CN3CCC(c4cc(NC(=O)N5CC[CH]CC5)ccc4C)CC3)cc2)cc1. The summed E-state index contributed by atoms with van der Waals surface area (Å²) in [5.74, 6) is 1.42. The average molecular weight is 529 g/mol. The number of nitrogens with zero attached hydrogens (tertiary/aromatic N) is 2. The molecule has 3 aromatic carbocycles. The molecule has 2 aliphatic rings. The molecule has 0 bridgehead atoms. The first kappa shape index (κ1) is 26.6. The van der Waals surface area contributed by atoms with Crippen LogP contribution in [-0.2, 0) is 6.54 Å². The van der Waals surface area contributed by atoms with E-state index in [1.54, 1.807) is 18.9 Å². The highest BCUT2D eigenvalue weighted by Crippen LogP contribution is 2.33. The third-order valence-electron chi connectivity index (χ3n) is 7.68. The topological polar surface area (TPSA) is 44.8 Å². The zero-order valence-electron chi connectivity index (χ0n) is 22.5. The molecular formula is C32H38N3O2S. The van der Waals surface area contributed by atoms with Crippen LogP contribution in [0, 0.1) is 13.3 Å². The van der Waals surface area contributed by atoms with E-state index in [-0.39, 0.29) is 6.03 Å². The summed E-state index contributed by atoms with van der Waals surface area (Å²) < 4.78 is 5.25. The van der Waals surface area contributed by atoms with Gasteiger partial charge in [-0.3, -0.25) is 4.90 Å². The fourth-order valence-corrected chi connectivity index (χ4v) is 6.23. The lowest BCUT2D eigenvalue weighted by Crippen LogP contribution is -2.38. The van der Waals surface area contributed by atoms with Crippen LogP contribution in [0.4, 0.5) is 10.5 Å². The lowest BCUT2D eigenvalue weighted by Gasteiger charge is -2.33. The minimum absolute atomic E-state index is 0.0242. The summed E-state index contributed by atoms with van der Waals surface area (Å²) in [6, 6.07) is 23.6. The van der Waals surface area contributed by atoms with Crippen molar-refractivity contribution in [2.75, 3.05) is 38.6 Å². The molecule has 5 nitrogen and oxygen atoms in total. The number of rotatable bonds is 7. The molecule has 2 fully saturated rings. The zero-order valence-corrected chi connectivity index (χ0v) is 23.3. The summed E-state index contributed by atoms with van der Waals surface area (Å²) in [4.78, 5) is 19.6. The van der Waals surface area contributed by atoms with Gasteiger partial charge in [0.2, 0.25) is 0 Å². The molecule has 199 valence electrons. The molecule has 0 unspecified atom stereocenters. The van der Waals surface area contributed by atoms with E-state index < -0.39 is 0 Å². The van der Waals surface area contributed by atoms with Crippen molar-refractivity contribution in [1.29, 1.82) is 0 Å². The van der Waals surface area contributed by atoms with Crippen LogP contribution in [-0.4, -0.2) is 49.1 Å². The standard InChI is InChI=1S/C32H38N3O2S/c1-24-6-9-27(33-32(36)35-18-4-3-5-19-35)22-31(24)26-16-20-34(21-17-26)23-25-7-12-29(13-8-25)38-30-14-10-28(37-2)11-15-30/h3,6-15,22,26H,4-5,16-21,23H2,1-2H3,(H,33,36). The molecule has 2 aliphatic heterocycles. The number of anilines is 1. The number of ether oxygens (including phenoxy) is 1. The van der Waals surface area contributed by atoms with Gasteiger partial charge >= 0.3 is 6.03 Å². The molecule has 0 aromatic heterocycles. The zero-order chi connectivity index (χ0) is 26.3. The third-order valence-corrected chi connectivity index (χ3v) is 8.69. The van der Waals surface area contributed by atoms with Gasteiger partial charge in [-0.05, 0) is 123 Å². The molecule has 0 saturated carbocycles. The van der Waals surface area contributed by atoms with E-state index in [4.69, 9.17) is 4.74 Å². The maximum absolute atomic E-state index is 12.7. The van der Waals surface area contributed by atoms with Gasteiger partial charge in [0.25, 0.3) is 0 Å². The Balaban J connectivity index is 1.12. The number of piperidine rings is 2. The number of urea groups is 1. The fourth-order valence-electron chi connectivity index (χ4n) is 5.42. The first-order valence-electron chi connectivity index (χ1n) is 13.7. The number of hydrogen-bond donors (Lipinski definition) is 1. The minimum Gasteiger partial charge on any atom is -0.497 e. The molecule has 1 N–H and O–H groups in total. The second-order valence-electron chi connectivity index (χ2n) is 10.3. The van der Waals surface area contributed by atoms with Crippen molar-refractivity contribution in [2.24, 2.45) is 0 Å². The number of benzene rings is 3. The maximum atomic E-state index is 12.7. The molecule has 1 radical (unpaired) electrons. The number of amides is 2. The van der Waals surface area contributed by atoms with Gasteiger partial charge in [0.1, 0.15) is 5.75 Å². The Morgan fingerprint density at radius 2 is 1.58 bits per heavy atom. The molecule has 3 aromatic rings. The summed E-state index contributed by atoms with van der Waals surface area (Å²) in [6.07, 6.45) is 6.52. The van der Waals surface area contributed by atoms with Crippen LogP contribution >= 0.6 is 11.8 Å². The number of carbonyl (C=O) groups is 1. The summed E-state index contributed by atoms with van der Waals surface area (Å²) >= 11 is 1.77. The number of methoxy groups -OCH3 is 1. The van der Waals surface area contributed by atoms with Crippen molar-refractivity contribution in [2.45, 2.75) is 54.9 Å². The van der Waals surface area contributed by atoms with Gasteiger partial charge in [-0.2, -0.15) is 0 Å². The van der Waals surface area contributed by atoms with Gasteiger partial charge < -0.3 is 15.0 Å². The van der Waals surface area contributed by atoms with Crippen molar-refractivity contribution >= 4 is 23.5 Å². The van der Waals surface area contributed by atoms with E-state index in [1.165, 1.54) is 26.5 Å². The number of aryl methyl sites for hydroxylation is 1. The molecule has 5 rings (SSSR count). The molecular weight excluding hydrogens is 490 g/mol. The van der Waals surface area contributed by atoms with Gasteiger partial charge in [-0.1, -0.05) is 30.0 Å². The molecule has 0 atom stereocenters. The Bertz CT molecular complexity index is 1200. The number of likely N-dealkylation sites (tertiary alicyclic amines) is 2. The molecule has 2 heterocycles. The van der Waals surface area contributed by atoms with Crippen molar-refractivity contribution in [3.05, 3.63) is 89.8 Å². The normalized spacial score (nSPS) is 16.8. The van der Waals surface area contributed by atoms with E-state index in [1.807, 2.05) is 23.1 Å². The van der Waals surface area contributed by atoms with Crippen LogP contribution in [0.25, 0.3) is 0 Å². The minimum atomic E-state index is 0.0242. The highest BCUT2D eigenvalue weighted by atomic mass is 32.2. The molecule has 2 amide bonds. The summed E-state index contributed by atoms with van der Waals surface area (Å²) in [7, 11) is 1.69. The highest BCUT2D eigenvalue weighted by molar-refractivity contribution is 7.99. The van der Waals surface area contributed by atoms with Crippen LogP contribution in [0.3, 0.4) is 0 Å². The van der Waals surface area contributed by atoms with E-state index >= 15 is 0 Å². The Kier molecular flexibility index (Phi) is 8.92. The van der Waals surface area contributed by atoms with Gasteiger partial charge in [0.15, 0.2) is 0 Å². The first-order chi connectivity index (χ1) is 18.6. The second kappa shape index (κ2) is 12.7. The molecule has 2 saturated heterocycles. The highest BCUT2D eigenvalue weighted by Gasteiger charge is 2.23. The maximum Gasteiger partial charge on any atom is 0.321 e. The monoisotopic (exact) mass is 528 g/mol. The quantitative estimate of drug-likeness (QED) is 0.348. The van der Waals surface area contributed by atoms with Crippen LogP contribution in [0.15, 0.2) is 76.5 Å². The largest absolute Gasteiger partial charge is 0.497 e. The fraction of sp³-hybridized carbons (Fsp3) is 0.375. The van der Waals surface area contributed by atoms with E-state index in [9.17, 15) is 4.79 Å². The molecule has 6 heteroatoms. The predicted molar refractivity (Wildman–Crippen MR) is 156 cm³/mol. The van der Waals surface area contributed by atoms with Crippen molar-refractivity contribution in [3.63, 3.8) is 0 Å². The van der Waals surface area contributed by atoms with Gasteiger partial charge in [0.05, 0.1) is 7.11 Å². The van der Waals surface area contributed by atoms with Crippen LogP contribution in [0.5, 0.6) is 5.75 Å². The van der Waals surface area contributed by atoms with Gasteiger partial charge in [-0.15, -0.1) is 0 Å². The first-order valence-corrected chi connectivity index (χ1v) is 14.5. The molecule has 0 spiro atoms. The van der Waals surface area contributed by atoms with Crippen molar-refractivity contribution < 1.29 is 9.53 Å². The lowest BCUT2D eigenvalue weighted by molar-refractivity contribution is 0.204. The Morgan fingerprint density at radius 1 is 0.921 bits per heavy atom. The smallest absolute Gasteiger partial charge is 0.321 e. The average Bonchev–Trinajstić information content (AvgIpc) is 2.96. The predicted octanol–water partition coefficient (Wildman–Crippen LogP) is 7.37. The van der Waals surface area contributed by atoms with Crippen molar-refractivity contribution in [1.82, 2.24) is 9.80 Å².